The molecule has 1 aliphatic rings. The Hall–Kier alpha value is -3.61. The van der Waals surface area contributed by atoms with E-state index in [9.17, 15) is 4.79 Å². The number of nitrogens with one attached hydrogen (secondary N) is 1. The largest absolute Gasteiger partial charge is 0.497 e. The molecule has 1 aliphatic carbocycles. The fraction of sp³-hybridized carbons (Fsp3) is 0.292. The van der Waals surface area contributed by atoms with Crippen LogP contribution in [0.1, 0.15) is 36.6 Å². The third-order valence-corrected chi connectivity index (χ3v) is 5.94. The number of amides is 1. The lowest BCUT2D eigenvalue weighted by Crippen LogP contribution is -2.31. The molecule has 5 rings (SSSR count). The average molecular weight is 415 g/mol. The maximum absolute atomic E-state index is 12.7. The van der Waals surface area contributed by atoms with Gasteiger partial charge in [-0.3, -0.25) is 9.48 Å². The third kappa shape index (κ3) is 3.79. The Bertz CT molecular complexity index is 1210. The van der Waals surface area contributed by atoms with Crippen LogP contribution in [0.2, 0.25) is 0 Å². The van der Waals surface area contributed by atoms with E-state index < -0.39 is 0 Å². The molecule has 0 fully saturated rings. The molecule has 158 valence electrons. The number of aryl methyl sites for hydroxylation is 1. The molecule has 2 aromatic heterocycles. The summed E-state index contributed by atoms with van der Waals surface area (Å²) in [4.78, 5) is 12.7. The maximum atomic E-state index is 12.7. The van der Waals surface area contributed by atoms with Crippen LogP contribution in [0, 0.1) is 0 Å². The lowest BCUT2D eigenvalue weighted by atomic mass is 9.92. The average Bonchev–Trinajstić information content (AvgIpc) is 3.43. The Kier molecular flexibility index (Phi) is 5.16. The smallest absolute Gasteiger partial charge is 0.222 e. The van der Waals surface area contributed by atoms with Gasteiger partial charge in [-0.25, -0.2) is 4.68 Å². The highest BCUT2D eigenvalue weighted by Crippen LogP contribution is 2.31. The van der Waals surface area contributed by atoms with E-state index >= 15 is 0 Å². The Morgan fingerprint density at radius 3 is 2.81 bits per heavy atom. The van der Waals surface area contributed by atoms with Crippen LogP contribution >= 0.6 is 0 Å². The van der Waals surface area contributed by atoms with Crippen LogP contribution < -0.4 is 10.1 Å². The van der Waals surface area contributed by atoms with Gasteiger partial charge in [-0.1, -0.05) is 18.2 Å². The number of ether oxygens (including phenoxy) is 1. The van der Waals surface area contributed by atoms with E-state index in [1.54, 1.807) is 7.11 Å². The normalized spacial score (nSPS) is 15.6. The van der Waals surface area contributed by atoms with Gasteiger partial charge in [0.1, 0.15) is 5.75 Å². The molecule has 0 saturated heterocycles. The minimum absolute atomic E-state index is 0.00221. The summed E-state index contributed by atoms with van der Waals surface area (Å²) in [5.74, 6) is 0.856. The third-order valence-electron chi connectivity index (χ3n) is 5.94. The highest BCUT2D eigenvalue weighted by Gasteiger charge is 2.26. The zero-order valence-electron chi connectivity index (χ0n) is 17.5. The van der Waals surface area contributed by atoms with Gasteiger partial charge in [0.15, 0.2) is 0 Å². The van der Waals surface area contributed by atoms with Gasteiger partial charge in [0, 0.05) is 23.1 Å². The first-order chi connectivity index (χ1) is 15.2. The standard InChI is InChI=1S/C24H25N5O2/c1-31-19-11-9-18(10-12-19)29-23-8-4-6-21(20(23)16-26-29)27-24(30)13-14-28-22-7-3-2-5-17(22)15-25-28/h2-3,5,7,9-12,15-16,21H,4,6,8,13-14H2,1H3,(H,27,30)/t21-/m1/s1. The molecule has 31 heavy (non-hydrogen) atoms. The summed E-state index contributed by atoms with van der Waals surface area (Å²) in [7, 11) is 1.66. The first kappa shape index (κ1) is 19.4. The highest BCUT2D eigenvalue weighted by molar-refractivity contribution is 5.79. The number of rotatable bonds is 6. The van der Waals surface area contributed by atoms with Crippen molar-refractivity contribution in [2.45, 2.75) is 38.3 Å². The molecule has 0 spiro atoms. The molecule has 0 unspecified atom stereocenters. The topological polar surface area (TPSA) is 74.0 Å². The second-order valence-electron chi connectivity index (χ2n) is 7.85. The molecule has 2 heterocycles. The van der Waals surface area contributed by atoms with Crippen molar-refractivity contribution in [3.05, 3.63) is 72.2 Å². The van der Waals surface area contributed by atoms with Gasteiger partial charge >= 0.3 is 0 Å². The molecule has 0 aliphatic heterocycles. The zero-order valence-corrected chi connectivity index (χ0v) is 17.5. The monoisotopic (exact) mass is 415 g/mol. The molecule has 1 amide bonds. The maximum Gasteiger partial charge on any atom is 0.222 e. The predicted octanol–water partition coefficient (Wildman–Crippen LogP) is 3.81. The van der Waals surface area contributed by atoms with Crippen molar-refractivity contribution < 1.29 is 9.53 Å². The van der Waals surface area contributed by atoms with E-state index in [-0.39, 0.29) is 11.9 Å². The lowest BCUT2D eigenvalue weighted by molar-refractivity contribution is -0.122. The summed E-state index contributed by atoms with van der Waals surface area (Å²) in [6, 6.07) is 15.9. The van der Waals surface area contributed by atoms with Crippen molar-refractivity contribution in [1.29, 1.82) is 0 Å². The first-order valence-electron chi connectivity index (χ1n) is 10.6. The molecule has 1 N–H and O–H groups in total. The van der Waals surface area contributed by atoms with E-state index in [4.69, 9.17) is 4.74 Å². The highest BCUT2D eigenvalue weighted by atomic mass is 16.5. The Balaban J connectivity index is 1.28. The number of fused-ring (bicyclic) bond motifs is 2. The number of nitrogens with zero attached hydrogens (tertiary/aromatic N) is 4. The van der Waals surface area contributed by atoms with Crippen LogP contribution in [0.3, 0.4) is 0 Å². The molecule has 1 atom stereocenters. The van der Waals surface area contributed by atoms with Crippen molar-refractivity contribution in [3.8, 4) is 11.4 Å². The summed E-state index contributed by atoms with van der Waals surface area (Å²) in [6.45, 7) is 0.560. The predicted molar refractivity (Wildman–Crippen MR) is 118 cm³/mol. The van der Waals surface area contributed by atoms with Crippen molar-refractivity contribution in [2.24, 2.45) is 0 Å². The van der Waals surface area contributed by atoms with Crippen LogP contribution in [0.4, 0.5) is 0 Å². The van der Waals surface area contributed by atoms with E-state index in [1.165, 1.54) is 5.69 Å². The van der Waals surface area contributed by atoms with Gasteiger partial charge in [-0.15, -0.1) is 0 Å². The number of aromatic nitrogens is 4. The Morgan fingerprint density at radius 2 is 1.97 bits per heavy atom. The molecule has 0 bridgehead atoms. The van der Waals surface area contributed by atoms with Crippen LogP contribution in [-0.2, 0) is 17.8 Å². The van der Waals surface area contributed by atoms with E-state index in [0.29, 0.717) is 13.0 Å². The number of carbonyl (C=O) groups excluding carboxylic acids is 1. The molecule has 2 aromatic carbocycles. The van der Waals surface area contributed by atoms with E-state index in [2.05, 4.69) is 15.5 Å². The van der Waals surface area contributed by atoms with Crippen molar-refractivity contribution >= 4 is 16.8 Å². The number of hydrogen-bond donors (Lipinski definition) is 1. The minimum Gasteiger partial charge on any atom is -0.497 e. The van der Waals surface area contributed by atoms with Crippen LogP contribution in [0.25, 0.3) is 16.6 Å². The Labute approximate surface area is 180 Å². The molecule has 7 heteroatoms. The molecule has 7 nitrogen and oxygen atoms in total. The van der Waals surface area contributed by atoms with E-state index in [1.807, 2.05) is 70.3 Å². The van der Waals surface area contributed by atoms with Crippen molar-refractivity contribution in [2.75, 3.05) is 7.11 Å². The van der Waals surface area contributed by atoms with Crippen LogP contribution in [0.5, 0.6) is 5.75 Å². The number of methoxy groups -OCH3 is 1. The summed E-state index contributed by atoms with van der Waals surface area (Å²) in [5, 5.41) is 13.3. The van der Waals surface area contributed by atoms with Crippen molar-refractivity contribution in [1.82, 2.24) is 24.9 Å². The number of hydrogen-bond acceptors (Lipinski definition) is 4. The van der Waals surface area contributed by atoms with Gasteiger partial charge in [0.05, 0.1) is 43.3 Å². The fourth-order valence-electron chi connectivity index (χ4n) is 4.33. The SMILES string of the molecule is COc1ccc(-n2ncc3c2CCC[C@H]3NC(=O)CCn2ncc3ccccc32)cc1. The molecule has 0 saturated carbocycles. The second kappa shape index (κ2) is 8.26. The zero-order chi connectivity index (χ0) is 21.2. The second-order valence-corrected chi connectivity index (χ2v) is 7.85. The fourth-order valence-corrected chi connectivity index (χ4v) is 4.33. The molecular formula is C24H25N5O2. The quantitative estimate of drug-likeness (QED) is 0.520. The van der Waals surface area contributed by atoms with Crippen molar-refractivity contribution in [3.63, 3.8) is 0 Å². The Morgan fingerprint density at radius 1 is 1.13 bits per heavy atom. The number of para-hydroxylation sites is 1. The van der Waals surface area contributed by atoms with Crippen LogP contribution in [-0.4, -0.2) is 32.6 Å². The molecule has 0 radical (unpaired) electrons. The molecular weight excluding hydrogens is 390 g/mol. The van der Waals surface area contributed by atoms with Gasteiger partial charge < -0.3 is 10.1 Å². The number of carbonyl (C=O) groups is 1. The van der Waals surface area contributed by atoms with E-state index in [0.717, 1.165) is 47.2 Å². The van der Waals surface area contributed by atoms with Gasteiger partial charge in [-0.05, 0) is 49.6 Å². The summed E-state index contributed by atoms with van der Waals surface area (Å²) < 4.78 is 9.12. The van der Waals surface area contributed by atoms with Crippen LogP contribution in [0.15, 0.2) is 60.9 Å². The summed E-state index contributed by atoms with van der Waals surface area (Å²) in [6.07, 6.45) is 7.03. The number of benzene rings is 2. The van der Waals surface area contributed by atoms with Gasteiger partial charge in [0.2, 0.25) is 5.91 Å². The molecule has 4 aromatic rings. The first-order valence-corrected chi connectivity index (χ1v) is 10.6. The summed E-state index contributed by atoms with van der Waals surface area (Å²) in [5.41, 5.74) is 4.33. The summed E-state index contributed by atoms with van der Waals surface area (Å²) >= 11 is 0. The lowest BCUT2D eigenvalue weighted by Gasteiger charge is -2.24. The van der Waals surface area contributed by atoms with Gasteiger partial charge in [-0.2, -0.15) is 10.2 Å². The van der Waals surface area contributed by atoms with Gasteiger partial charge in [0.25, 0.3) is 0 Å². The minimum atomic E-state index is -0.00221.